The Balaban J connectivity index is 2.34. The largest absolute Gasteiger partial charge is 0.485 e. The third-order valence-electron chi connectivity index (χ3n) is 4.46. The van der Waals surface area contributed by atoms with E-state index in [1.54, 1.807) is 20.8 Å². The number of amides is 1. The third kappa shape index (κ3) is 7.79. The van der Waals surface area contributed by atoms with Crippen LogP contribution in [-0.4, -0.2) is 41.7 Å². The molecule has 0 saturated carbocycles. The maximum atomic E-state index is 12.9. The van der Waals surface area contributed by atoms with Crippen molar-refractivity contribution < 1.29 is 42.1 Å². The number of Topliss-reactive ketones (excluding diaryl/α,β-unsaturated/α-hetero) is 1. The summed E-state index contributed by atoms with van der Waals surface area (Å²) in [6, 6.07) is 8.53. The first-order valence-corrected chi connectivity index (χ1v) is 10.3. The van der Waals surface area contributed by atoms with Crippen LogP contribution in [0, 0.1) is 0 Å². The molecule has 0 heterocycles. The van der Waals surface area contributed by atoms with Crippen LogP contribution in [-0.2, 0) is 22.1 Å². The molecule has 0 saturated heterocycles. The van der Waals surface area contributed by atoms with Crippen molar-refractivity contribution in [3.63, 3.8) is 0 Å². The van der Waals surface area contributed by atoms with E-state index in [2.05, 4.69) is 0 Å². The number of rotatable bonds is 8. The smallest absolute Gasteiger partial charge is 0.416 e. The van der Waals surface area contributed by atoms with E-state index in [4.69, 9.17) is 9.47 Å². The molecule has 34 heavy (non-hydrogen) atoms. The fourth-order valence-electron chi connectivity index (χ4n) is 2.90. The van der Waals surface area contributed by atoms with Crippen LogP contribution in [0.3, 0.4) is 0 Å². The van der Waals surface area contributed by atoms with Gasteiger partial charge < -0.3 is 14.6 Å². The average Bonchev–Trinajstić information content (AvgIpc) is 2.71. The molecule has 2 rings (SSSR count). The molecule has 0 atom stereocenters. The van der Waals surface area contributed by atoms with Gasteiger partial charge in [0.25, 0.3) is 0 Å². The molecule has 0 fully saturated rings. The lowest BCUT2D eigenvalue weighted by Gasteiger charge is -2.28. The highest BCUT2D eigenvalue weighted by molar-refractivity contribution is 5.95. The van der Waals surface area contributed by atoms with E-state index in [1.165, 1.54) is 42.2 Å². The number of benzene rings is 2. The van der Waals surface area contributed by atoms with Crippen LogP contribution in [0.5, 0.6) is 5.75 Å². The lowest BCUT2D eigenvalue weighted by Crippen LogP contribution is -2.38. The molecule has 0 aliphatic carbocycles. The number of ketones is 1. The van der Waals surface area contributed by atoms with Crippen molar-refractivity contribution in [2.45, 2.75) is 45.9 Å². The lowest BCUT2D eigenvalue weighted by molar-refractivity contribution is -0.137. The number of hydrogen-bond acceptors (Lipinski definition) is 5. The minimum Gasteiger partial charge on any atom is -0.485 e. The summed E-state index contributed by atoms with van der Waals surface area (Å²) in [7, 11) is 0. The zero-order valence-corrected chi connectivity index (χ0v) is 19.2. The van der Waals surface area contributed by atoms with Crippen molar-refractivity contribution in [2.75, 3.05) is 18.1 Å². The molecule has 0 aliphatic rings. The van der Waals surface area contributed by atoms with Crippen molar-refractivity contribution in [3.05, 3.63) is 59.2 Å². The van der Waals surface area contributed by atoms with Crippen LogP contribution in [0.2, 0.25) is 0 Å². The van der Waals surface area contributed by atoms with Gasteiger partial charge in [-0.1, -0.05) is 12.1 Å². The Morgan fingerprint density at radius 1 is 1.00 bits per heavy atom. The van der Waals surface area contributed by atoms with E-state index >= 15 is 0 Å². The molecule has 10 heteroatoms. The Kier molecular flexibility index (Phi) is 8.31. The van der Waals surface area contributed by atoms with E-state index in [0.717, 1.165) is 12.1 Å². The fourth-order valence-corrected chi connectivity index (χ4v) is 2.90. The molecule has 0 spiro atoms. The number of ether oxygens (including phenoxy) is 2. The van der Waals surface area contributed by atoms with Gasteiger partial charge >= 0.3 is 18.2 Å². The maximum absolute atomic E-state index is 12.9. The Morgan fingerprint density at radius 3 is 2.12 bits per heavy atom. The molecule has 2 aromatic rings. The number of alkyl halides is 3. The van der Waals surface area contributed by atoms with Crippen LogP contribution in [0.15, 0.2) is 42.5 Å². The van der Waals surface area contributed by atoms with E-state index < -0.39 is 29.4 Å². The number of halogens is 3. The van der Waals surface area contributed by atoms with Crippen molar-refractivity contribution in [1.29, 1.82) is 0 Å². The molecular weight excluding hydrogens is 455 g/mol. The standard InChI is InChI=1S/C24H26F3NO6/c1-15(29)14-33-20-10-9-18(13-19(20)21(30)31)28(22(32)34-23(2,3)4)12-11-16-5-7-17(8-6-16)24(25,26)27/h5-10,13H,11-12,14H2,1-4H3,(H,30,31). The van der Waals surface area contributed by atoms with Crippen LogP contribution in [0.1, 0.15) is 49.2 Å². The van der Waals surface area contributed by atoms with Crippen LogP contribution < -0.4 is 9.64 Å². The molecular formula is C24H26F3NO6. The van der Waals surface area contributed by atoms with Gasteiger partial charge in [0.05, 0.1) is 5.56 Å². The Bertz CT molecular complexity index is 1040. The van der Waals surface area contributed by atoms with Gasteiger partial charge in [-0.2, -0.15) is 13.2 Å². The molecule has 2 aromatic carbocycles. The molecule has 0 aromatic heterocycles. The summed E-state index contributed by atoms with van der Waals surface area (Å²) in [5, 5.41) is 9.57. The quantitative estimate of drug-likeness (QED) is 0.546. The van der Waals surface area contributed by atoms with E-state index in [0.29, 0.717) is 5.56 Å². The Morgan fingerprint density at radius 2 is 1.62 bits per heavy atom. The zero-order chi connectivity index (χ0) is 25.7. The number of anilines is 1. The summed E-state index contributed by atoms with van der Waals surface area (Å²) in [5.74, 6) is -1.67. The normalized spacial score (nSPS) is 11.6. The fraction of sp³-hybridized carbons (Fsp3) is 0.375. The summed E-state index contributed by atoms with van der Waals surface area (Å²) in [5.41, 5.74) is -1.16. The summed E-state index contributed by atoms with van der Waals surface area (Å²) in [6.45, 7) is 5.98. The van der Waals surface area contributed by atoms with Gasteiger partial charge in [-0.05, 0) is 70.0 Å². The second kappa shape index (κ2) is 10.6. The Hall–Kier alpha value is -3.56. The number of nitrogens with zero attached hydrogens (tertiary/aromatic N) is 1. The molecule has 1 N–H and O–H groups in total. The third-order valence-corrected chi connectivity index (χ3v) is 4.46. The van der Waals surface area contributed by atoms with E-state index in [1.807, 2.05) is 0 Å². The number of hydrogen-bond donors (Lipinski definition) is 1. The van der Waals surface area contributed by atoms with Crippen molar-refractivity contribution in [1.82, 2.24) is 0 Å². The van der Waals surface area contributed by atoms with Gasteiger partial charge in [0, 0.05) is 12.2 Å². The van der Waals surface area contributed by atoms with Crippen molar-refractivity contribution in [3.8, 4) is 5.75 Å². The highest BCUT2D eigenvalue weighted by Crippen LogP contribution is 2.30. The molecule has 0 unspecified atom stereocenters. The predicted octanol–water partition coefficient (Wildman–Crippen LogP) is 5.36. The topological polar surface area (TPSA) is 93.1 Å². The second-order valence-corrected chi connectivity index (χ2v) is 8.55. The van der Waals surface area contributed by atoms with Crippen LogP contribution in [0.4, 0.5) is 23.7 Å². The number of carbonyl (C=O) groups excluding carboxylic acids is 2. The monoisotopic (exact) mass is 481 g/mol. The highest BCUT2D eigenvalue weighted by atomic mass is 19.4. The van der Waals surface area contributed by atoms with Crippen LogP contribution in [0.25, 0.3) is 0 Å². The molecule has 0 radical (unpaired) electrons. The molecule has 184 valence electrons. The molecule has 0 bridgehead atoms. The second-order valence-electron chi connectivity index (χ2n) is 8.55. The van der Waals surface area contributed by atoms with Crippen molar-refractivity contribution >= 4 is 23.5 Å². The number of carbonyl (C=O) groups is 3. The maximum Gasteiger partial charge on any atom is 0.416 e. The van der Waals surface area contributed by atoms with Crippen molar-refractivity contribution in [2.24, 2.45) is 0 Å². The minimum atomic E-state index is -4.46. The van der Waals surface area contributed by atoms with Gasteiger partial charge in [0.15, 0.2) is 5.78 Å². The molecule has 1 amide bonds. The predicted molar refractivity (Wildman–Crippen MR) is 118 cm³/mol. The summed E-state index contributed by atoms with van der Waals surface area (Å²) in [6.07, 6.45) is -5.03. The van der Waals surface area contributed by atoms with E-state index in [-0.39, 0.29) is 42.4 Å². The first-order chi connectivity index (χ1) is 15.7. The minimum absolute atomic E-state index is 0.00693. The van der Waals surface area contributed by atoms with E-state index in [9.17, 15) is 32.7 Å². The SMILES string of the molecule is CC(=O)COc1ccc(N(CCc2ccc(C(F)(F)F)cc2)C(=O)OC(C)(C)C)cc1C(=O)O. The average molecular weight is 481 g/mol. The molecule has 7 nitrogen and oxygen atoms in total. The Labute approximate surface area is 195 Å². The summed E-state index contributed by atoms with van der Waals surface area (Å²) < 4.78 is 49.1. The number of carboxylic acid groups (broad SMARTS) is 1. The highest BCUT2D eigenvalue weighted by Gasteiger charge is 2.30. The van der Waals surface area contributed by atoms with Gasteiger partial charge in [-0.15, -0.1) is 0 Å². The van der Waals surface area contributed by atoms with Gasteiger partial charge in [0.1, 0.15) is 23.5 Å². The first-order valence-electron chi connectivity index (χ1n) is 10.3. The van der Waals surface area contributed by atoms with Gasteiger partial charge in [-0.25, -0.2) is 9.59 Å². The lowest BCUT2D eigenvalue weighted by atomic mass is 10.1. The summed E-state index contributed by atoms with van der Waals surface area (Å²) in [4.78, 5) is 37.0. The molecule has 0 aliphatic heterocycles. The first kappa shape index (κ1) is 26.7. The zero-order valence-electron chi connectivity index (χ0n) is 19.2. The number of aromatic carboxylic acids is 1. The number of carboxylic acids is 1. The van der Waals surface area contributed by atoms with Gasteiger partial charge in [-0.3, -0.25) is 9.69 Å². The van der Waals surface area contributed by atoms with Crippen LogP contribution >= 0.6 is 0 Å². The summed E-state index contributed by atoms with van der Waals surface area (Å²) >= 11 is 0. The van der Waals surface area contributed by atoms with Gasteiger partial charge in [0.2, 0.25) is 0 Å².